The van der Waals surface area contributed by atoms with E-state index < -0.39 is 5.91 Å². The number of benzene rings is 1. The zero-order valence-electron chi connectivity index (χ0n) is 12.1. The third-order valence-corrected chi connectivity index (χ3v) is 3.11. The minimum atomic E-state index is -0.497. The van der Waals surface area contributed by atoms with Gasteiger partial charge in [-0.25, -0.2) is 0 Å². The van der Waals surface area contributed by atoms with Gasteiger partial charge in [0, 0.05) is 11.6 Å². The van der Waals surface area contributed by atoms with Crippen LogP contribution < -0.4 is 5.32 Å². The predicted molar refractivity (Wildman–Crippen MR) is 84.4 cm³/mol. The van der Waals surface area contributed by atoms with E-state index in [1.807, 2.05) is 30.3 Å². The average molecular weight is 307 g/mol. The highest BCUT2D eigenvalue weighted by Gasteiger charge is 2.11. The first-order valence-corrected chi connectivity index (χ1v) is 6.93. The second kappa shape index (κ2) is 6.62. The Morgan fingerprint density at radius 3 is 2.52 bits per heavy atom. The molecule has 0 fully saturated rings. The lowest BCUT2D eigenvalue weighted by atomic mass is 10.2. The zero-order valence-corrected chi connectivity index (χ0v) is 12.1. The Morgan fingerprint density at radius 1 is 1.00 bits per heavy atom. The Balaban J connectivity index is 1.78. The SMILES string of the molecule is O=C/C(=C/c1ccc(-c2ccccc2)o1)NC(=O)c1ccco1. The summed E-state index contributed by atoms with van der Waals surface area (Å²) in [5.74, 6) is 0.774. The summed E-state index contributed by atoms with van der Waals surface area (Å²) in [6, 6.07) is 16.2. The van der Waals surface area contributed by atoms with E-state index in [1.54, 1.807) is 18.2 Å². The highest BCUT2D eigenvalue weighted by atomic mass is 16.3. The van der Waals surface area contributed by atoms with Crippen molar-refractivity contribution in [3.63, 3.8) is 0 Å². The summed E-state index contributed by atoms with van der Waals surface area (Å²) in [7, 11) is 0. The number of rotatable bonds is 5. The molecule has 5 heteroatoms. The fourth-order valence-electron chi connectivity index (χ4n) is 2.04. The van der Waals surface area contributed by atoms with E-state index in [0.717, 1.165) is 5.56 Å². The molecule has 2 heterocycles. The van der Waals surface area contributed by atoms with Gasteiger partial charge in [0.1, 0.15) is 11.5 Å². The quantitative estimate of drug-likeness (QED) is 0.578. The molecule has 0 aliphatic heterocycles. The summed E-state index contributed by atoms with van der Waals surface area (Å²) in [5.41, 5.74) is 1.01. The van der Waals surface area contributed by atoms with Crippen LogP contribution in [0.5, 0.6) is 0 Å². The van der Waals surface area contributed by atoms with Crippen molar-refractivity contribution in [1.29, 1.82) is 0 Å². The summed E-state index contributed by atoms with van der Waals surface area (Å²) in [6.07, 6.45) is 3.39. The molecule has 3 aromatic rings. The van der Waals surface area contributed by atoms with E-state index in [9.17, 15) is 9.59 Å². The largest absolute Gasteiger partial charge is 0.459 e. The normalized spacial score (nSPS) is 11.2. The fourth-order valence-corrected chi connectivity index (χ4v) is 2.04. The Labute approximate surface area is 132 Å². The van der Waals surface area contributed by atoms with Crippen LogP contribution in [0.4, 0.5) is 0 Å². The van der Waals surface area contributed by atoms with Crippen LogP contribution in [-0.2, 0) is 4.79 Å². The Morgan fingerprint density at radius 2 is 1.83 bits per heavy atom. The Hall–Kier alpha value is -3.34. The molecule has 0 saturated heterocycles. The number of hydrogen-bond donors (Lipinski definition) is 1. The van der Waals surface area contributed by atoms with E-state index in [-0.39, 0.29) is 11.5 Å². The van der Waals surface area contributed by atoms with Crippen molar-refractivity contribution >= 4 is 18.3 Å². The minimum absolute atomic E-state index is 0.0837. The number of furan rings is 2. The molecule has 3 rings (SSSR count). The molecule has 0 bridgehead atoms. The van der Waals surface area contributed by atoms with Gasteiger partial charge in [0.2, 0.25) is 0 Å². The third kappa shape index (κ3) is 3.47. The molecular weight excluding hydrogens is 294 g/mol. The van der Waals surface area contributed by atoms with Crippen molar-refractivity contribution in [3.8, 4) is 11.3 Å². The van der Waals surface area contributed by atoms with Gasteiger partial charge in [-0.3, -0.25) is 9.59 Å². The highest BCUT2D eigenvalue weighted by Crippen LogP contribution is 2.22. The predicted octanol–water partition coefficient (Wildman–Crippen LogP) is 3.51. The number of nitrogens with one attached hydrogen (secondary N) is 1. The zero-order chi connectivity index (χ0) is 16.1. The third-order valence-electron chi connectivity index (χ3n) is 3.11. The van der Waals surface area contributed by atoms with Crippen LogP contribution in [0.1, 0.15) is 16.3 Å². The van der Waals surface area contributed by atoms with Crippen LogP contribution in [-0.4, -0.2) is 12.2 Å². The van der Waals surface area contributed by atoms with Crippen molar-refractivity contribution in [2.75, 3.05) is 0 Å². The van der Waals surface area contributed by atoms with Gasteiger partial charge in [0.25, 0.3) is 5.91 Å². The molecule has 2 aromatic heterocycles. The Bertz CT molecular complexity index is 829. The number of carbonyl (C=O) groups is 2. The molecular formula is C18H13NO4. The van der Waals surface area contributed by atoms with Gasteiger partial charge in [0.15, 0.2) is 12.0 Å². The van der Waals surface area contributed by atoms with Crippen LogP contribution in [0.15, 0.2) is 75.4 Å². The standard InChI is InChI=1S/C18H13NO4/c20-12-14(19-18(21)17-7-4-10-22-17)11-15-8-9-16(23-15)13-5-2-1-3-6-13/h1-12H,(H,19,21)/b14-11-. The molecule has 0 aliphatic carbocycles. The number of hydrogen-bond acceptors (Lipinski definition) is 4. The molecule has 0 saturated carbocycles. The second-order valence-corrected chi connectivity index (χ2v) is 4.72. The first-order valence-electron chi connectivity index (χ1n) is 6.93. The number of amides is 1. The molecule has 1 aromatic carbocycles. The average Bonchev–Trinajstić information content (AvgIpc) is 3.27. The number of carbonyl (C=O) groups excluding carboxylic acids is 2. The molecule has 1 N–H and O–H groups in total. The Kier molecular flexibility index (Phi) is 4.20. The molecule has 0 spiro atoms. The summed E-state index contributed by atoms with van der Waals surface area (Å²) in [6.45, 7) is 0. The van der Waals surface area contributed by atoms with Gasteiger partial charge < -0.3 is 14.2 Å². The highest BCUT2D eigenvalue weighted by molar-refractivity contribution is 5.97. The van der Waals surface area contributed by atoms with Crippen molar-refractivity contribution in [3.05, 3.63) is 78.1 Å². The van der Waals surface area contributed by atoms with E-state index >= 15 is 0 Å². The van der Waals surface area contributed by atoms with Crippen LogP contribution in [0.25, 0.3) is 17.4 Å². The number of allylic oxidation sites excluding steroid dienone is 1. The summed E-state index contributed by atoms with van der Waals surface area (Å²) < 4.78 is 10.6. The molecule has 0 aliphatic rings. The first kappa shape index (κ1) is 14.6. The van der Waals surface area contributed by atoms with Crippen LogP contribution in [0, 0.1) is 0 Å². The maximum Gasteiger partial charge on any atom is 0.291 e. The molecule has 23 heavy (non-hydrogen) atoms. The molecule has 0 radical (unpaired) electrons. The van der Waals surface area contributed by atoms with E-state index in [1.165, 1.54) is 18.4 Å². The lowest BCUT2D eigenvalue weighted by molar-refractivity contribution is -0.105. The number of aldehydes is 1. The summed E-state index contributed by atoms with van der Waals surface area (Å²) in [5, 5.41) is 2.47. The fraction of sp³-hybridized carbons (Fsp3) is 0. The summed E-state index contributed by atoms with van der Waals surface area (Å²) in [4.78, 5) is 23.0. The van der Waals surface area contributed by atoms with E-state index in [0.29, 0.717) is 17.8 Å². The summed E-state index contributed by atoms with van der Waals surface area (Å²) >= 11 is 0. The van der Waals surface area contributed by atoms with Gasteiger partial charge in [0.05, 0.1) is 12.0 Å². The maximum atomic E-state index is 11.9. The van der Waals surface area contributed by atoms with Gasteiger partial charge in [-0.1, -0.05) is 30.3 Å². The first-order chi connectivity index (χ1) is 11.3. The lowest BCUT2D eigenvalue weighted by Gasteiger charge is -2.01. The lowest BCUT2D eigenvalue weighted by Crippen LogP contribution is -2.22. The van der Waals surface area contributed by atoms with Gasteiger partial charge in [-0.2, -0.15) is 0 Å². The minimum Gasteiger partial charge on any atom is -0.459 e. The topological polar surface area (TPSA) is 72.5 Å². The molecule has 0 unspecified atom stereocenters. The van der Waals surface area contributed by atoms with Crippen molar-refractivity contribution in [2.24, 2.45) is 0 Å². The molecule has 0 atom stereocenters. The monoisotopic (exact) mass is 307 g/mol. The van der Waals surface area contributed by atoms with Crippen molar-refractivity contribution in [1.82, 2.24) is 5.32 Å². The van der Waals surface area contributed by atoms with E-state index in [4.69, 9.17) is 8.83 Å². The van der Waals surface area contributed by atoms with Crippen LogP contribution in [0.2, 0.25) is 0 Å². The van der Waals surface area contributed by atoms with Gasteiger partial charge in [-0.15, -0.1) is 0 Å². The van der Waals surface area contributed by atoms with Crippen LogP contribution in [0.3, 0.4) is 0 Å². The van der Waals surface area contributed by atoms with E-state index in [2.05, 4.69) is 5.32 Å². The van der Waals surface area contributed by atoms with Crippen LogP contribution >= 0.6 is 0 Å². The van der Waals surface area contributed by atoms with Crippen molar-refractivity contribution in [2.45, 2.75) is 0 Å². The van der Waals surface area contributed by atoms with Gasteiger partial charge >= 0.3 is 0 Å². The smallest absolute Gasteiger partial charge is 0.291 e. The van der Waals surface area contributed by atoms with Gasteiger partial charge in [-0.05, 0) is 24.3 Å². The van der Waals surface area contributed by atoms with Crippen molar-refractivity contribution < 1.29 is 18.4 Å². The maximum absolute atomic E-state index is 11.9. The molecule has 114 valence electrons. The molecule has 1 amide bonds. The molecule has 5 nitrogen and oxygen atoms in total. The second-order valence-electron chi connectivity index (χ2n) is 4.72.